The number of nitrogens with zero attached hydrogens (tertiary/aromatic N) is 1. The van der Waals surface area contributed by atoms with Gasteiger partial charge in [-0.2, -0.15) is 0 Å². The van der Waals surface area contributed by atoms with Crippen molar-refractivity contribution in [1.29, 1.82) is 0 Å². The van der Waals surface area contributed by atoms with Crippen LogP contribution < -0.4 is 6.15 Å². The number of benzene rings is 2. The van der Waals surface area contributed by atoms with Crippen LogP contribution in [0.25, 0.3) is 21.8 Å². The van der Waals surface area contributed by atoms with Gasteiger partial charge in [0.25, 0.3) is 0 Å². The van der Waals surface area contributed by atoms with Crippen LogP contribution in [0.15, 0.2) is 48.5 Å². The second-order valence-electron chi connectivity index (χ2n) is 3.78. The molecular weight excluding hydrogens is 196 g/mol. The molecule has 2 heteroatoms. The van der Waals surface area contributed by atoms with Crippen LogP contribution in [-0.2, 0) is 6.54 Å². The molecule has 3 aromatic rings. The molecule has 0 unspecified atom stereocenters. The summed E-state index contributed by atoms with van der Waals surface area (Å²) in [5, 5.41) is 2.71. The summed E-state index contributed by atoms with van der Waals surface area (Å²) < 4.78 is 2.37. The molecule has 0 bridgehead atoms. The van der Waals surface area contributed by atoms with E-state index >= 15 is 0 Å². The highest BCUT2D eigenvalue weighted by Crippen LogP contribution is 2.28. The zero-order chi connectivity index (χ0) is 10.3. The number of aryl methyl sites for hydroxylation is 1. The van der Waals surface area contributed by atoms with Gasteiger partial charge in [0.2, 0.25) is 0 Å². The molecule has 1 aromatic heterocycles. The molecule has 2 aromatic carbocycles. The molecule has 3 N–H and O–H groups in total. The van der Waals surface area contributed by atoms with Crippen molar-refractivity contribution in [3.63, 3.8) is 0 Å². The number of hydrogen-bond acceptors (Lipinski definition) is 1. The highest BCUT2D eigenvalue weighted by molar-refractivity contribution is 6.07. The van der Waals surface area contributed by atoms with Gasteiger partial charge in [0.05, 0.1) is 0 Å². The molecule has 0 aliphatic rings. The molecule has 0 aliphatic heterocycles. The third-order valence-electron chi connectivity index (χ3n) is 3.00. The summed E-state index contributed by atoms with van der Waals surface area (Å²) in [7, 11) is 0. The number of rotatable bonds is 1. The fourth-order valence-electron chi connectivity index (χ4n) is 2.34. The minimum absolute atomic E-state index is 0. The number of fused-ring (bicyclic) bond motifs is 3. The van der Waals surface area contributed by atoms with Gasteiger partial charge in [0, 0.05) is 28.4 Å². The molecule has 82 valence electrons. The van der Waals surface area contributed by atoms with Crippen molar-refractivity contribution in [2.75, 3.05) is 0 Å². The third kappa shape index (κ3) is 1.31. The van der Waals surface area contributed by atoms with Crippen molar-refractivity contribution < 1.29 is 0 Å². The smallest absolute Gasteiger partial charge is 0.0491 e. The van der Waals surface area contributed by atoms with Gasteiger partial charge in [0.1, 0.15) is 0 Å². The van der Waals surface area contributed by atoms with Gasteiger partial charge in [-0.15, -0.1) is 0 Å². The molecular formula is C14H16N2. The van der Waals surface area contributed by atoms with Crippen LogP contribution in [0, 0.1) is 0 Å². The lowest BCUT2D eigenvalue weighted by molar-refractivity contribution is 0.827. The van der Waals surface area contributed by atoms with E-state index in [1.807, 2.05) is 0 Å². The second kappa shape index (κ2) is 3.99. The van der Waals surface area contributed by atoms with E-state index in [-0.39, 0.29) is 6.15 Å². The summed E-state index contributed by atoms with van der Waals surface area (Å²) in [6.07, 6.45) is 0. The SMILES string of the molecule is CCn1c2ccccc2c2ccccc21.N. The average molecular weight is 212 g/mol. The van der Waals surface area contributed by atoms with Crippen molar-refractivity contribution in [1.82, 2.24) is 10.7 Å². The normalized spacial score (nSPS) is 10.6. The zero-order valence-electron chi connectivity index (χ0n) is 9.48. The Kier molecular flexibility index (Phi) is 2.67. The Hall–Kier alpha value is -1.80. The molecule has 0 spiro atoms. The van der Waals surface area contributed by atoms with Crippen molar-refractivity contribution in [2.24, 2.45) is 0 Å². The third-order valence-corrected chi connectivity index (χ3v) is 3.00. The van der Waals surface area contributed by atoms with E-state index in [2.05, 4.69) is 60.0 Å². The van der Waals surface area contributed by atoms with E-state index in [0.717, 1.165) is 6.54 Å². The first-order valence-corrected chi connectivity index (χ1v) is 5.38. The van der Waals surface area contributed by atoms with E-state index in [1.54, 1.807) is 0 Å². The van der Waals surface area contributed by atoms with Gasteiger partial charge in [-0.3, -0.25) is 0 Å². The van der Waals surface area contributed by atoms with E-state index in [4.69, 9.17) is 0 Å². The highest BCUT2D eigenvalue weighted by Gasteiger charge is 2.06. The van der Waals surface area contributed by atoms with Gasteiger partial charge in [-0.05, 0) is 19.1 Å². The lowest BCUT2D eigenvalue weighted by atomic mass is 10.2. The summed E-state index contributed by atoms with van der Waals surface area (Å²) in [6, 6.07) is 17.2. The molecule has 0 fully saturated rings. The standard InChI is InChI=1S/C14H13N.H3N/c1-2-15-13-9-5-3-7-11(13)12-8-4-6-10-14(12)15;/h3-10H,2H2,1H3;1H3. The largest absolute Gasteiger partial charge is 0.344 e. The summed E-state index contributed by atoms with van der Waals surface area (Å²) in [4.78, 5) is 0. The van der Waals surface area contributed by atoms with Crippen molar-refractivity contribution in [3.8, 4) is 0 Å². The first-order valence-electron chi connectivity index (χ1n) is 5.38. The summed E-state index contributed by atoms with van der Waals surface area (Å²) in [5.74, 6) is 0. The van der Waals surface area contributed by atoms with Crippen LogP contribution in [-0.4, -0.2) is 4.57 Å². The molecule has 0 aliphatic carbocycles. The predicted molar refractivity (Wildman–Crippen MR) is 70.1 cm³/mol. The Morgan fingerprint density at radius 1 is 0.812 bits per heavy atom. The van der Waals surface area contributed by atoms with Crippen molar-refractivity contribution in [3.05, 3.63) is 48.5 Å². The van der Waals surface area contributed by atoms with Crippen LogP contribution in [0.2, 0.25) is 0 Å². The molecule has 16 heavy (non-hydrogen) atoms. The highest BCUT2D eigenvalue weighted by atomic mass is 15.0. The minimum atomic E-state index is 0. The molecule has 0 saturated carbocycles. The Morgan fingerprint density at radius 2 is 1.25 bits per heavy atom. The predicted octanol–water partition coefficient (Wildman–Crippen LogP) is 3.98. The Morgan fingerprint density at radius 3 is 1.69 bits per heavy atom. The molecule has 0 radical (unpaired) electrons. The van der Waals surface area contributed by atoms with Crippen molar-refractivity contribution >= 4 is 21.8 Å². The number of hydrogen-bond donors (Lipinski definition) is 1. The average Bonchev–Trinajstić information content (AvgIpc) is 2.63. The summed E-state index contributed by atoms with van der Waals surface area (Å²) in [5.41, 5.74) is 2.67. The maximum Gasteiger partial charge on any atom is 0.0491 e. The van der Waals surface area contributed by atoms with Crippen LogP contribution in [0.1, 0.15) is 6.92 Å². The number of para-hydroxylation sites is 2. The Bertz CT molecular complexity index is 570. The molecule has 2 nitrogen and oxygen atoms in total. The van der Waals surface area contributed by atoms with Crippen LogP contribution in [0.3, 0.4) is 0 Å². The molecule has 0 atom stereocenters. The lowest BCUT2D eigenvalue weighted by Crippen LogP contribution is -1.91. The molecule has 1 heterocycles. The molecule has 0 amide bonds. The van der Waals surface area contributed by atoms with E-state index in [9.17, 15) is 0 Å². The van der Waals surface area contributed by atoms with Gasteiger partial charge in [-0.1, -0.05) is 36.4 Å². The van der Waals surface area contributed by atoms with Gasteiger partial charge in [-0.25, -0.2) is 0 Å². The fraction of sp³-hybridized carbons (Fsp3) is 0.143. The first kappa shape index (κ1) is 10.7. The molecule has 3 rings (SSSR count). The maximum absolute atomic E-state index is 2.37. The van der Waals surface area contributed by atoms with Crippen molar-refractivity contribution in [2.45, 2.75) is 13.5 Å². The zero-order valence-corrected chi connectivity index (χ0v) is 9.48. The first-order chi connectivity index (χ1) is 7.42. The monoisotopic (exact) mass is 212 g/mol. The van der Waals surface area contributed by atoms with E-state index in [1.165, 1.54) is 21.8 Å². The van der Waals surface area contributed by atoms with Gasteiger partial charge in [0.15, 0.2) is 0 Å². The number of aromatic nitrogens is 1. The Labute approximate surface area is 95.1 Å². The van der Waals surface area contributed by atoms with E-state index < -0.39 is 0 Å². The van der Waals surface area contributed by atoms with Gasteiger partial charge < -0.3 is 10.7 Å². The lowest BCUT2D eigenvalue weighted by Gasteiger charge is -2.01. The maximum atomic E-state index is 2.37. The molecule has 0 saturated heterocycles. The van der Waals surface area contributed by atoms with Gasteiger partial charge >= 0.3 is 0 Å². The summed E-state index contributed by atoms with van der Waals surface area (Å²) >= 11 is 0. The van der Waals surface area contributed by atoms with Crippen LogP contribution >= 0.6 is 0 Å². The van der Waals surface area contributed by atoms with Crippen LogP contribution in [0.5, 0.6) is 0 Å². The summed E-state index contributed by atoms with van der Waals surface area (Å²) in [6.45, 7) is 3.22. The van der Waals surface area contributed by atoms with E-state index in [0.29, 0.717) is 0 Å². The quantitative estimate of drug-likeness (QED) is 0.651. The topological polar surface area (TPSA) is 39.9 Å². The minimum Gasteiger partial charge on any atom is -0.344 e. The fourth-order valence-corrected chi connectivity index (χ4v) is 2.34. The second-order valence-corrected chi connectivity index (χ2v) is 3.78. The van der Waals surface area contributed by atoms with Crippen LogP contribution in [0.4, 0.5) is 0 Å². The Balaban J connectivity index is 0.000000963.